The monoisotopic (exact) mass is 396 g/mol. The number of fused-ring (bicyclic) bond motifs is 1. The summed E-state index contributed by atoms with van der Waals surface area (Å²) in [6.45, 7) is 5.79. The number of aryl methyl sites for hydroxylation is 1. The van der Waals surface area contributed by atoms with Crippen molar-refractivity contribution in [2.45, 2.75) is 19.6 Å². The first kappa shape index (κ1) is 19.7. The van der Waals surface area contributed by atoms with E-state index >= 15 is 0 Å². The third kappa shape index (κ3) is 4.38. The fraction of sp³-hybridized carbons (Fsp3) is 0.435. The van der Waals surface area contributed by atoms with Crippen molar-refractivity contribution in [1.82, 2.24) is 4.90 Å². The van der Waals surface area contributed by atoms with Crippen molar-refractivity contribution in [2.75, 3.05) is 40.5 Å². The Kier molecular flexibility index (Phi) is 6.02. The molecule has 0 amide bonds. The van der Waals surface area contributed by atoms with E-state index in [1.54, 1.807) is 14.2 Å². The Bertz CT molecular complexity index is 866. The second kappa shape index (κ2) is 8.84. The van der Waals surface area contributed by atoms with Gasteiger partial charge < -0.3 is 19.0 Å². The summed E-state index contributed by atoms with van der Waals surface area (Å²) in [5.41, 5.74) is 4.66. The molecular weight excluding hydrogens is 368 g/mol. The van der Waals surface area contributed by atoms with Gasteiger partial charge in [-0.1, -0.05) is 41.1 Å². The van der Waals surface area contributed by atoms with E-state index in [4.69, 9.17) is 19.0 Å². The van der Waals surface area contributed by atoms with Gasteiger partial charge in [-0.15, -0.1) is 0 Å². The summed E-state index contributed by atoms with van der Waals surface area (Å²) in [5, 5.41) is 4.38. The van der Waals surface area contributed by atoms with Gasteiger partial charge in [0.2, 0.25) is 0 Å². The SMILES string of the molecule is COCCOc1ccc(CN2C[C@@H]3ON=C(c4ccc(C)cc4)[C@@H]3C2)cc1OC. The van der Waals surface area contributed by atoms with Crippen LogP contribution in [0.5, 0.6) is 11.5 Å². The summed E-state index contributed by atoms with van der Waals surface area (Å²) in [5.74, 6) is 1.80. The molecule has 0 spiro atoms. The first-order valence-electron chi connectivity index (χ1n) is 9.99. The van der Waals surface area contributed by atoms with E-state index in [0.29, 0.717) is 19.1 Å². The second-order valence-corrected chi connectivity index (χ2v) is 7.61. The first-order valence-corrected chi connectivity index (χ1v) is 9.99. The lowest BCUT2D eigenvalue weighted by Crippen LogP contribution is -2.23. The van der Waals surface area contributed by atoms with Crippen LogP contribution in [0, 0.1) is 12.8 Å². The summed E-state index contributed by atoms with van der Waals surface area (Å²) in [6.07, 6.45) is 0.129. The molecule has 0 bridgehead atoms. The van der Waals surface area contributed by atoms with E-state index in [1.165, 1.54) is 11.1 Å². The van der Waals surface area contributed by atoms with E-state index in [0.717, 1.165) is 42.4 Å². The quantitative estimate of drug-likeness (QED) is 0.641. The lowest BCUT2D eigenvalue weighted by Gasteiger charge is -2.18. The van der Waals surface area contributed by atoms with Crippen LogP contribution in [0.4, 0.5) is 0 Å². The zero-order valence-electron chi connectivity index (χ0n) is 17.3. The average molecular weight is 396 g/mol. The van der Waals surface area contributed by atoms with Crippen LogP contribution in [-0.2, 0) is 16.1 Å². The van der Waals surface area contributed by atoms with Crippen LogP contribution in [-0.4, -0.2) is 57.2 Å². The van der Waals surface area contributed by atoms with Crippen molar-refractivity contribution < 1.29 is 19.0 Å². The highest BCUT2D eigenvalue weighted by atomic mass is 16.6. The number of benzene rings is 2. The fourth-order valence-electron chi connectivity index (χ4n) is 3.96. The molecule has 6 heteroatoms. The Balaban J connectivity index is 1.40. The lowest BCUT2D eigenvalue weighted by molar-refractivity contribution is 0.0745. The topological polar surface area (TPSA) is 52.5 Å². The Morgan fingerprint density at radius 1 is 1.03 bits per heavy atom. The summed E-state index contributed by atoms with van der Waals surface area (Å²) >= 11 is 0. The molecular formula is C23H28N2O4. The molecule has 2 aliphatic rings. The number of nitrogens with zero attached hydrogens (tertiary/aromatic N) is 2. The largest absolute Gasteiger partial charge is 0.493 e. The molecule has 4 rings (SSSR count). The van der Waals surface area contributed by atoms with Crippen LogP contribution in [0.15, 0.2) is 47.6 Å². The van der Waals surface area contributed by atoms with Crippen LogP contribution in [0.1, 0.15) is 16.7 Å². The number of oxime groups is 1. The van der Waals surface area contributed by atoms with Gasteiger partial charge in [0.05, 0.1) is 25.3 Å². The number of hydrogen-bond acceptors (Lipinski definition) is 6. The van der Waals surface area contributed by atoms with E-state index in [2.05, 4.69) is 47.3 Å². The highest BCUT2D eigenvalue weighted by molar-refractivity contribution is 6.03. The summed E-state index contributed by atoms with van der Waals surface area (Å²) < 4.78 is 16.3. The maximum absolute atomic E-state index is 5.75. The third-order valence-electron chi connectivity index (χ3n) is 5.51. The smallest absolute Gasteiger partial charge is 0.161 e. The molecule has 0 radical (unpaired) electrons. The van der Waals surface area contributed by atoms with E-state index in [1.807, 2.05) is 12.1 Å². The second-order valence-electron chi connectivity index (χ2n) is 7.61. The van der Waals surface area contributed by atoms with Crippen molar-refractivity contribution >= 4 is 5.71 Å². The van der Waals surface area contributed by atoms with Gasteiger partial charge in [0, 0.05) is 26.7 Å². The molecule has 154 valence electrons. The van der Waals surface area contributed by atoms with Gasteiger partial charge in [0.1, 0.15) is 12.7 Å². The predicted molar refractivity (Wildman–Crippen MR) is 112 cm³/mol. The predicted octanol–water partition coefficient (Wildman–Crippen LogP) is 3.26. The number of ether oxygens (including phenoxy) is 3. The van der Waals surface area contributed by atoms with Gasteiger partial charge in [0.25, 0.3) is 0 Å². The van der Waals surface area contributed by atoms with Gasteiger partial charge in [-0.3, -0.25) is 4.90 Å². The molecule has 0 unspecified atom stereocenters. The molecule has 1 saturated heterocycles. The summed E-state index contributed by atoms with van der Waals surface area (Å²) in [4.78, 5) is 8.17. The Labute approximate surface area is 172 Å². The average Bonchev–Trinajstić information content (AvgIpc) is 3.30. The normalized spacial score (nSPS) is 20.9. The van der Waals surface area contributed by atoms with E-state index in [-0.39, 0.29) is 6.10 Å². The number of rotatable bonds is 8. The van der Waals surface area contributed by atoms with Gasteiger partial charge in [-0.2, -0.15) is 0 Å². The molecule has 2 atom stereocenters. The highest BCUT2D eigenvalue weighted by Crippen LogP contribution is 2.33. The zero-order chi connectivity index (χ0) is 20.2. The van der Waals surface area contributed by atoms with Crippen molar-refractivity contribution in [3.05, 3.63) is 59.2 Å². The molecule has 6 nitrogen and oxygen atoms in total. The molecule has 29 heavy (non-hydrogen) atoms. The molecule has 0 aliphatic carbocycles. The fourth-order valence-corrected chi connectivity index (χ4v) is 3.96. The number of likely N-dealkylation sites (tertiary alicyclic amines) is 1. The van der Waals surface area contributed by atoms with Gasteiger partial charge >= 0.3 is 0 Å². The van der Waals surface area contributed by atoms with Gasteiger partial charge in [-0.05, 0) is 30.2 Å². The highest BCUT2D eigenvalue weighted by Gasteiger charge is 2.42. The zero-order valence-corrected chi connectivity index (χ0v) is 17.3. The van der Waals surface area contributed by atoms with Crippen molar-refractivity contribution in [3.63, 3.8) is 0 Å². The molecule has 2 aromatic carbocycles. The van der Waals surface area contributed by atoms with Crippen LogP contribution in [0.25, 0.3) is 0 Å². The minimum Gasteiger partial charge on any atom is -0.493 e. The van der Waals surface area contributed by atoms with Gasteiger partial charge in [0.15, 0.2) is 11.5 Å². The standard InChI is InChI=1S/C23H28N2O4/c1-16-4-7-18(8-5-16)23-19-14-25(15-22(19)29-24-23)13-17-6-9-20(21(12-17)27-3)28-11-10-26-2/h4-9,12,19,22H,10-11,13-15H2,1-3H3/t19-,22+/m1/s1. The Morgan fingerprint density at radius 3 is 2.62 bits per heavy atom. The first-order chi connectivity index (χ1) is 14.2. The summed E-state index contributed by atoms with van der Waals surface area (Å²) in [7, 11) is 3.33. The van der Waals surface area contributed by atoms with E-state index < -0.39 is 0 Å². The summed E-state index contributed by atoms with van der Waals surface area (Å²) in [6, 6.07) is 14.6. The Morgan fingerprint density at radius 2 is 1.86 bits per heavy atom. The molecule has 2 aromatic rings. The molecule has 0 aromatic heterocycles. The molecule has 2 heterocycles. The number of methoxy groups -OCH3 is 2. The van der Waals surface area contributed by atoms with Crippen LogP contribution in [0.3, 0.4) is 0 Å². The van der Waals surface area contributed by atoms with Crippen molar-refractivity contribution in [3.8, 4) is 11.5 Å². The molecule has 0 N–H and O–H groups in total. The van der Waals surface area contributed by atoms with Crippen LogP contribution < -0.4 is 9.47 Å². The van der Waals surface area contributed by atoms with E-state index in [9.17, 15) is 0 Å². The molecule has 0 saturated carbocycles. The Hall–Kier alpha value is -2.57. The van der Waals surface area contributed by atoms with Gasteiger partial charge in [-0.25, -0.2) is 0 Å². The number of hydrogen-bond donors (Lipinski definition) is 0. The third-order valence-corrected chi connectivity index (χ3v) is 5.51. The maximum atomic E-state index is 5.75. The van der Waals surface area contributed by atoms with Crippen LogP contribution >= 0.6 is 0 Å². The minimum absolute atomic E-state index is 0.129. The minimum atomic E-state index is 0.129. The van der Waals surface area contributed by atoms with Crippen molar-refractivity contribution in [1.29, 1.82) is 0 Å². The lowest BCUT2D eigenvalue weighted by atomic mass is 9.94. The van der Waals surface area contributed by atoms with Crippen molar-refractivity contribution in [2.24, 2.45) is 11.1 Å². The maximum Gasteiger partial charge on any atom is 0.161 e. The van der Waals surface area contributed by atoms with Crippen LogP contribution in [0.2, 0.25) is 0 Å². The molecule has 2 aliphatic heterocycles. The molecule has 1 fully saturated rings.